The van der Waals surface area contributed by atoms with Crippen molar-refractivity contribution in [2.24, 2.45) is 0 Å². The Balaban J connectivity index is 1.14. The molecule has 0 aliphatic carbocycles. The van der Waals surface area contributed by atoms with Gasteiger partial charge in [-0.1, -0.05) is 53.2 Å². The van der Waals surface area contributed by atoms with Gasteiger partial charge in [-0.05, 0) is 45.0 Å². The van der Waals surface area contributed by atoms with Crippen LogP contribution >= 0.6 is 23.4 Å². The van der Waals surface area contributed by atoms with Crippen LogP contribution in [-0.4, -0.2) is 95.8 Å². The smallest absolute Gasteiger partial charge is 0.254 e. The summed E-state index contributed by atoms with van der Waals surface area (Å²) in [6.07, 6.45) is 0. The molecule has 0 bridgehead atoms. The van der Waals surface area contributed by atoms with Crippen LogP contribution in [0.1, 0.15) is 29.8 Å². The van der Waals surface area contributed by atoms with Gasteiger partial charge in [-0.15, -0.1) is 0 Å². The average Bonchev–Trinajstić information content (AvgIpc) is 3.00. The summed E-state index contributed by atoms with van der Waals surface area (Å²) >= 11 is 7.69. The van der Waals surface area contributed by atoms with Gasteiger partial charge in [0.05, 0.1) is 18.0 Å². The number of benzene rings is 2. The summed E-state index contributed by atoms with van der Waals surface area (Å²) in [5.41, 5.74) is 2.89. The van der Waals surface area contributed by atoms with Crippen molar-refractivity contribution >= 4 is 46.7 Å². The number of aromatic nitrogens is 2. The molecule has 3 aromatic rings. The van der Waals surface area contributed by atoms with Crippen LogP contribution in [0.25, 0.3) is 0 Å². The summed E-state index contributed by atoms with van der Waals surface area (Å²) in [5, 5.41) is 0.809. The van der Waals surface area contributed by atoms with Crippen LogP contribution in [0.3, 0.4) is 0 Å². The van der Waals surface area contributed by atoms with Gasteiger partial charge in [0.2, 0.25) is 5.91 Å². The first kappa shape index (κ1) is 30.0. The maximum absolute atomic E-state index is 13.1. The highest BCUT2D eigenvalue weighted by atomic mass is 35.5. The molecule has 2 saturated heterocycles. The van der Waals surface area contributed by atoms with Gasteiger partial charge in [0.15, 0.2) is 5.16 Å². The molecule has 11 heteroatoms. The fraction of sp³-hybridized carbons (Fsp3) is 0.419. The van der Waals surface area contributed by atoms with Crippen molar-refractivity contribution in [1.82, 2.24) is 19.8 Å². The minimum Gasteiger partial charge on any atom is -0.492 e. The summed E-state index contributed by atoms with van der Waals surface area (Å²) in [4.78, 5) is 43.4. The molecular weight excluding hydrogens is 572 g/mol. The lowest BCUT2D eigenvalue weighted by molar-refractivity contribution is -0.128. The van der Waals surface area contributed by atoms with Crippen molar-refractivity contribution in [3.63, 3.8) is 0 Å². The molecule has 0 saturated carbocycles. The number of piperazine rings is 2. The van der Waals surface area contributed by atoms with Crippen molar-refractivity contribution in [3.05, 3.63) is 70.9 Å². The van der Waals surface area contributed by atoms with E-state index in [4.69, 9.17) is 21.3 Å². The van der Waals surface area contributed by atoms with Gasteiger partial charge in [0.25, 0.3) is 5.91 Å². The van der Waals surface area contributed by atoms with E-state index in [-0.39, 0.29) is 23.6 Å². The Labute approximate surface area is 256 Å². The molecule has 5 rings (SSSR count). The van der Waals surface area contributed by atoms with Crippen molar-refractivity contribution in [1.29, 1.82) is 0 Å². The van der Waals surface area contributed by atoms with Crippen LogP contribution in [0, 0.1) is 6.92 Å². The number of anilines is 2. The Kier molecular flexibility index (Phi) is 9.74. The third-order valence-corrected chi connectivity index (χ3v) is 8.66. The lowest BCUT2D eigenvalue weighted by atomic mass is 10.1. The van der Waals surface area contributed by atoms with E-state index >= 15 is 0 Å². The van der Waals surface area contributed by atoms with Gasteiger partial charge in [0.1, 0.15) is 16.7 Å². The molecule has 2 fully saturated rings. The van der Waals surface area contributed by atoms with Crippen molar-refractivity contribution in [2.45, 2.75) is 32.0 Å². The van der Waals surface area contributed by atoms with Gasteiger partial charge in [0, 0.05) is 63.5 Å². The molecule has 1 atom stereocenters. The molecule has 3 heterocycles. The Hall–Kier alpha value is -3.50. The number of thioether (sulfide) groups is 1. The molecule has 9 nitrogen and oxygen atoms in total. The Morgan fingerprint density at radius 3 is 2.40 bits per heavy atom. The Bertz CT molecular complexity index is 1400. The third-order valence-electron chi connectivity index (χ3n) is 7.63. The SMILES string of the molecule is CCOc1ccccc1N1CCN(C(=O)CSc2nc(Cl)cc(N3CCN(C(=O)c4ccc(C)cc4)C(C)C3)n2)CC1. The fourth-order valence-electron chi connectivity index (χ4n) is 5.35. The average molecular weight is 609 g/mol. The summed E-state index contributed by atoms with van der Waals surface area (Å²) in [6, 6.07) is 17.5. The number of amides is 2. The molecule has 0 radical (unpaired) electrons. The summed E-state index contributed by atoms with van der Waals surface area (Å²) in [7, 11) is 0. The van der Waals surface area contributed by atoms with E-state index in [1.807, 2.05) is 73.0 Å². The highest BCUT2D eigenvalue weighted by Gasteiger charge is 2.29. The highest BCUT2D eigenvalue weighted by molar-refractivity contribution is 7.99. The predicted octanol–water partition coefficient (Wildman–Crippen LogP) is 4.63. The van der Waals surface area contributed by atoms with Gasteiger partial charge >= 0.3 is 0 Å². The molecule has 222 valence electrons. The maximum Gasteiger partial charge on any atom is 0.254 e. The van der Waals surface area contributed by atoms with E-state index in [9.17, 15) is 9.59 Å². The Morgan fingerprint density at radius 1 is 0.976 bits per heavy atom. The van der Waals surface area contributed by atoms with E-state index in [1.165, 1.54) is 11.8 Å². The van der Waals surface area contributed by atoms with Crippen LogP contribution in [0.5, 0.6) is 5.75 Å². The molecule has 0 spiro atoms. The number of carbonyl (C=O) groups excluding carboxylic acids is 2. The topological polar surface area (TPSA) is 82.1 Å². The van der Waals surface area contributed by atoms with Crippen LogP contribution in [0.4, 0.5) is 11.5 Å². The second-order valence-corrected chi connectivity index (χ2v) is 11.9. The molecule has 1 unspecified atom stereocenters. The van der Waals surface area contributed by atoms with Crippen LogP contribution in [0.2, 0.25) is 5.15 Å². The van der Waals surface area contributed by atoms with Crippen LogP contribution < -0.4 is 14.5 Å². The van der Waals surface area contributed by atoms with Gasteiger partial charge in [-0.3, -0.25) is 9.59 Å². The molecule has 2 amide bonds. The van der Waals surface area contributed by atoms with Gasteiger partial charge < -0.3 is 24.3 Å². The standard InChI is InChI=1S/C31H37ClN6O3S/c1-4-41-26-8-6-5-7-25(26)35-13-15-36(16-14-35)29(39)21-42-31-33-27(32)19-28(34-31)37-17-18-38(23(3)20-37)30(40)24-11-9-22(2)10-12-24/h5-12,19,23H,4,13-18,20-21H2,1-3H3. The van der Waals surface area contributed by atoms with E-state index < -0.39 is 0 Å². The zero-order valence-electron chi connectivity index (χ0n) is 24.3. The lowest BCUT2D eigenvalue weighted by Crippen LogP contribution is -2.54. The van der Waals surface area contributed by atoms with Crippen molar-refractivity contribution < 1.29 is 14.3 Å². The number of hydrogen-bond donors (Lipinski definition) is 0. The minimum atomic E-state index is -0.00172. The van der Waals surface area contributed by atoms with E-state index in [0.29, 0.717) is 61.0 Å². The first-order chi connectivity index (χ1) is 20.3. The lowest BCUT2D eigenvalue weighted by Gasteiger charge is -2.40. The minimum absolute atomic E-state index is 0.00172. The number of carbonyl (C=O) groups is 2. The maximum atomic E-state index is 13.1. The molecule has 1 aromatic heterocycles. The summed E-state index contributed by atoms with van der Waals surface area (Å²) in [5.74, 6) is 1.92. The normalized spacial score (nSPS) is 17.4. The van der Waals surface area contributed by atoms with Gasteiger partial charge in [-0.2, -0.15) is 0 Å². The number of halogens is 1. The number of rotatable bonds is 8. The molecule has 42 heavy (non-hydrogen) atoms. The van der Waals surface area contributed by atoms with Crippen molar-refractivity contribution in [2.75, 3.05) is 68.0 Å². The molecular formula is C31H37ClN6O3S. The largest absolute Gasteiger partial charge is 0.492 e. The number of para-hydroxylation sites is 2. The van der Waals surface area contributed by atoms with E-state index in [1.54, 1.807) is 6.07 Å². The molecule has 2 aromatic carbocycles. The summed E-state index contributed by atoms with van der Waals surface area (Å²) < 4.78 is 5.79. The predicted molar refractivity (Wildman–Crippen MR) is 168 cm³/mol. The fourth-order valence-corrected chi connectivity index (χ4v) is 6.34. The first-order valence-electron chi connectivity index (χ1n) is 14.4. The zero-order valence-corrected chi connectivity index (χ0v) is 25.9. The second kappa shape index (κ2) is 13.6. The number of aryl methyl sites for hydroxylation is 1. The Morgan fingerprint density at radius 2 is 1.69 bits per heavy atom. The zero-order chi connectivity index (χ0) is 29.6. The van der Waals surface area contributed by atoms with E-state index in [2.05, 4.69) is 20.9 Å². The number of hydrogen-bond acceptors (Lipinski definition) is 8. The quantitative estimate of drug-likeness (QED) is 0.208. The second-order valence-electron chi connectivity index (χ2n) is 10.5. The number of nitrogens with zero attached hydrogens (tertiary/aromatic N) is 6. The highest BCUT2D eigenvalue weighted by Crippen LogP contribution is 2.29. The monoisotopic (exact) mass is 608 g/mol. The molecule has 2 aliphatic rings. The first-order valence-corrected chi connectivity index (χ1v) is 15.7. The summed E-state index contributed by atoms with van der Waals surface area (Å²) in [6.45, 7) is 11.3. The van der Waals surface area contributed by atoms with Crippen LogP contribution in [0.15, 0.2) is 59.8 Å². The number of ether oxygens (including phenoxy) is 1. The van der Waals surface area contributed by atoms with Crippen LogP contribution in [-0.2, 0) is 4.79 Å². The molecule has 2 aliphatic heterocycles. The van der Waals surface area contributed by atoms with Gasteiger partial charge in [-0.25, -0.2) is 9.97 Å². The van der Waals surface area contributed by atoms with E-state index in [0.717, 1.165) is 30.1 Å². The van der Waals surface area contributed by atoms with Crippen molar-refractivity contribution in [3.8, 4) is 5.75 Å². The molecule has 0 N–H and O–H groups in total. The third kappa shape index (κ3) is 7.10.